The van der Waals surface area contributed by atoms with Gasteiger partial charge in [0.2, 0.25) is 5.95 Å². The van der Waals surface area contributed by atoms with Crippen molar-refractivity contribution in [2.45, 2.75) is 85.7 Å². The van der Waals surface area contributed by atoms with Crippen LogP contribution >= 0.6 is 7.82 Å². The summed E-state index contributed by atoms with van der Waals surface area (Å²) < 4.78 is 36.9. The first-order valence-electron chi connectivity index (χ1n) is 10.8. The van der Waals surface area contributed by atoms with Crippen LogP contribution in [0.15, 0.2) is 18.2 Å². The third-order valence-electron chi connectivity index (χ3n) is 4.15. The van der Waals surface area contributed by atoms with Crippen molar-refractivity contribution in [1.29, 1.82) is 0 Å². The van der Waals surface area contributed by atoms with E-state index < -0.39 is 25.1 Å². The molecule has 1 N–H and O–H groups in total. The number of fused-ring (bicyclic) bond motifs is 1. The maximum Gasteiger partial charge on any atom is 0.477 e. The Hall–Kier alpha value is -1.93. The molecule has 9 nitrogen and oxygen atoms in total. The second-order valence-corrected chi connectivity index (χ2v) is 11.0. The van der Waals surface area contributed by atoms with Crippen LogP contribution in [0.2, 0.25) is 0 Å². The first-order valence-corrected chi connectivity index (χ1v) is 12.2. The van der Waals surface area contributed by atoms with E-state index in [-0.39, 0.29) is 12.7 Å². The van der Waals surface area contributed by atoms with Crippen LogP contribution in [-0.4, -0.2) is 34.0 Å². The number of methoxy groups -OCH3 is 1. The van der Waals surface area contributed by atoms with Crippen LogP contribution in [0.5, 0.6) is 0 Å². The van der Waals surface area contributed by atoms with Gasteiger partial charge in [-0.05, 0) is 72.1 Å². The number of aryl methyl sites for hydroxylation is 1. The van der Waals surface area contributed by atoms with E-state index in [1.54, 1.807) is 46.1 Å². The van der Waals surface area contributed by atoms with Gasteiger partial charge in [-0.25, -0.2) is 14.3 Å². The summed E-state index contributed by atoms with van der Waals surface area (Å²) in [6.07, 6.45) is 2.37. The van der Waals surface area contributed by atoms with E-state index in [1.807, 2.05) is 18.2 Å². The van der Waals surface area contributed by atoms with E-state index in [4.69, 9.17) is 18.3 Å². The van der Waals surface area contributed by atoms with Crippen molar-refractivity contribution in [1.82, 2.24) is 9.55 Å². The minimum atomic E-state index is -3.96. The van der Waals surface area contributed by atoms with Crippen molar-refractivity contribution >= 4 is 30.9 Å². The SMILES string of the molecule is CCCCc1ccc2nc(NC(=O)OC)n(COP(=O)(OC(C)(C)C)OC(C)(C)C)c2c1. The lowest BCUT2D eigenvalue weighted by Gasteiger charge is -2.31. The Labute approximate surface area is 190 Å². The number of benzene rings is 1. The molecular formula is C22H36N3O6P. The van der Waals surface area contributed by atoms with Crippen molar-refractivity contribution in [2.24, 2.45) is 0 Å². The molecule has 1 amide bonds. The van der Waals surface area contributed by atoms with Gasteiger partial charge in [-0.3, -0.25) is 23.5 Å². The number of hydrogen-bond acceptors (Lipinski definition) is 7. The number of anilines is 1. The summed E-state index contributed by atoms with van der Waals surface area (Å²) in [4.78, 5) is 16.3. The minimum Gasteiger partial charge on any atom is -0.453 e. The highest BCUT2D eigenvalue weighted by Crippen LogP contribution is 2.55. The molecule has 10 heteroatoms. The van der Waals surface area contributed by atoms with Crippen LogP contribution in [0.1, 0.15) is 66.9 Å². The topological polar surface area (TPSA) is 101 Å². The first kappa shape index (κ1) is 26.3. The van der Waals surface area contributed by atoms with Crippen LogP contribution in [0.4, 0.5) is 10.7 Å². The Morgan fingerprint density at radius 2 is 1.75 bits per heavy atom. The number of phosphoric acid groups is 1. The lowest BCUT2D eigenvalue weighted by atomic mass is 10.1. The number of amides is 1. The third-order valence-corrected chi connectivity index (χ3v) is 6.12. The van der Waals surface area contributed by atoms with Crippen LogP contribution < -0.4 is 5.32 Å². The van der Waals surface area contributed by atoms with Crippen LogP contribution in [-0.2, 0) is 36.0 Å². The van der Waals surface area contributed by atoms with Crippen molar-refractivity contribution in [3.8, 4) is 0 Å². The van der Waals surface area contributed by atoms with E-state index in [2.05, 4.69) is 17.2 Å². The van der Waals surface area contributed by atoms with E-state index in [1.165, 1.54) is 7.11 Å². The second-order valence-electron chi connectivity index (χ2n) is 9.52. The van der Waals surface area contributed by atoms with E-state index in [0.717, 1.165) is 30.3 Å². The van der Waals surface area contributed by atoms with Gasteiger partial charge in [0.25, 0.3) is 0 Å². The maximum atomic E-state index is 13.5. The van der Waals surface area contributed by atoms with Crippen molar-refractivity contribution in [3.05, 3.63) is 23.8 Å². The Bertz CT molecular complexity index is 954. The first-order chi connectivity index (χ1) is 14.8. The van der Waals surface area contributed by atoms with Crippen molar-refractivity contribution < 1.29 is 27.7 Å². The molecule has 0 saturated heterocycles. The average Bonchev–Trinajstić information content (AvgIpc) is 2.97. The van der Waals surface area contributed by atoms with Gasteiger partial charge in [0.1, 0.15) is 6.73 Å². The van der Waals surface area contributed by atoms with Gasteiger partial charge < -0.3 is 4.74 Å². The number of phosphoric ester groups is 1. The van der Waals surface area contributed by atoms with Gasteiger partial charge >= 0.3 is 13.9 Å². The smallest absolute Gasteiger partial charge is 0.453 e. The molecule has 0 atom stereocenters. The number of hydrogen-bond donors (Lipinski definition) is 1. The zero-order chi connectivity index (χ0) is 24.2. The summed E-state index contributed by atoms with van der Waals surface area (Å²) in [7, 11) is -2.70. The number of ether oxygens (including phenoxy) is 1. The van der Waals surface area contributed by atoms with Gasteiger partial charge in [-0.15, -0.1) is 0 Å². The number of carbonyl (C=O) groups is 1. The molecule has 0 radical (unpaired) electrons. The molecule has 0 aliphatic carbocycles. The number of nitrogens with one attached hydrogen (secondary N) is 1. The number of nitrogens with zero attached hydrogens (tertiary/aromatic N) is 2. The molecule has 0 aliphatic rings. The maximum absolute atomic E-state index is 13.5. The molecule has 1 aromatic heterocycles. The van der Waals surface area contributed by atoms with Crippen LogP contribution in [0, 0.1) is 0 Å². The molecule has 2 aromatic rings. The molecule has 32 heavy (non-hydrogen) atoms. The highest BCUT2D eigenvalue weighted by Gasteiger charge is 2.37. The Morgan fingerprint density at radius 1 is 1.12 bits per heavy atom. The van der Waals surface area contributed by atoms with Gasteiger partial charge in [0.15, 0.2) is 0 Å². The van der Waals surface area contributed by atoms with Gasteiger partial charge in [0.05, 0.1) is 29.3 Å². The van der Waals surface area contributed by atoms with Crippen molar-refractivity contribution in [2.75, 3.05) is 12.4 Å². The second kappa shape index (κ2) is 10.3. The third kappa shape index (κ3) is 7.89. The number of aromatic nitrogens is 2. The predicted octanol–water partition coefficient (Wildman–Crippen LogP) is 6.27. The fraction of sp³-hybridized carbons (Fsp3) is 0.636. The number of carbonyl (C=O) groups excluding carboxylic acids is 1. The lowest BCUT2D eigenvalue weighted by molar-refractivity contribution is -0.00542. The fourth-order valence-corrected chi connectivity index (χ4v) is 4.68. The standard InChI is InChI=1S/C22H36N3O6P/c1-9-10-11-16-12-13-17-18(14-16)25(19(23-17)24-20(26)28-8)15-29-32(27,30-21(2,3)4)31-22(5,6)7/h12-14H,9-11,15H2,1-8H3,(H,23,24,26). The summed E-state index contributed by atoms with van der Waals surface area (Å²) in [6.45, 7) is 12.5. The van der Waals surface area contributed by atoms with Crippen LogP contribution in [0.25, 0.3) is 11.0 Å². The summed E-state index contributed by atoms with van der Waals surface area (Å²) in [5.41, 5.74) is 0.980. The molecule has 0 unspecified atom stereocenters. The zero-order valence-corrected chi connectivity index (χ0v) is 21.2. The molecular weight excluding hydrogens is 433 g/mol. The summed E-state index contributed by atoms with van der Waals surface area (Å²) in [5, 5.41) is 2.58. The molecule has 0 aliphatic heterocycles. The molecule has 0 bridgehead atoms. The largest absolute Gasteiger partial charge is 0.477 e. The lowest BCUT2D eigenvalue weighted by Crippen LogP contribution is -2.25. The number of unbranched alkanes of at least 4 members (excludes halogenated alkanes) is 1. The monoisotopic (exact) mass is 469 g/mol. The number of imidazole rings is 1. The van der Waals surface area contributed by atoms with E-state index >= 15 is 0 Å². The Kier molecular flexibility index (Phi) is 8.50. The predicted molar refractivity (Wildman–Crippen MR) is 125 cm³/mol. The molecule has 180 valence electrons. The molecule has 2 rings (SSSR count). The van der Waals surface area contributed by atoms with E-state index in [9.17, 15) is 9.36 Å². The van der Waals surface area contributed by atoms with Crippen LogP contribution in [0.3, 0.4) is 0 Å². The fourth-order valence-electron chi connectivity index (χ4n) is 2.94. The highest BCUT2D eigenvalue weighted by atomic mass is 31.2. The Balaban J connectivity index is 2.44. The van der Waals surface area contributed by atoms with Gasteiger partial charge in [-0.1, -0.05) is 19.4 Å². The summed E-state index contributed by atoms with van der Waals surface area (Å²) in [5.74, 6) is 0.206. The summed E-state index contributed by atoms with van der Waals surface area (Å²) in [6, 6.07) is 5.88. The zero-order valence-electron chi connectivity index (χ0n) is 20.4. The summed E-state index contributed by atoms with van der Waals surface area (Å²) >= 11 is 0. The molecule has 0 fully saturated rings. The highest BCUT2D eigenvalue weighted by molar-refractivity contribution is 7.48. The molecule has 0 saturated carbocycles. The number of rotatable bonds is 9. The van der Waals surface area contributed by atoms with E-state index in [0.29, 0.717) is 5.52 Å². The quantitative estimate of drug-likeness (QED) is 0.432. The Morgan fingerprint density at radius 3 is 2.28 bits per heavy atom. The molecule has 0 spiro atoms. The van der Waals surface area contributed by atoms with Gasteiger partial charge in [0, 0.05) is 0 Å². The average molecular weight is 470 g/mol. The molecule has 1 heterocycles. The minimum absolute atomic E-state index is 0.206. The molecule has 1 aromatic carbocycles. The normalized spacial score (nSPS) is 12.9. The van der Waals surface area contributed by atoms with Crippen molar-refractivity contribution in [3.63, 3.8) is 0 Å². The van der Waals surface area contributed by atoms with Gasteiger partial charge in [-0.2, -0.15) is 0 Å².